The molecule has 67 heavy (non-hydrogen) atoms. The second-order valence-corrected chi connectivity index (χ2v) is 15.8. The van der Waals surface area contributed by atoms with E-state index in [-0.39, 0.29) is 58.1 Å². The molecule has 354 valence electrons. The lowest BCUT2D eigenvalue weighted by Gasteiger charge is -2.20. The first-order valence-corrected chi connectivity index (χ1v) is 22.6. The summed E-state index contributed by atoms with van der Waals surface area (Å²) >= 11 is 0. The van der Waals surface area contributed by atoms with Crippen LogP contribution in [0.25, 0.3) is 0 Å². The van der Waals surface area contributed by atoms with E-state index >= 15 is 0 Å². The predicted molar refractivity (Wildman–Crippen MR) is 244 cm³/mol. The van der Waals surface area contributed by atoms with Crippen LogP contribution in [0.5, 0.6) is 28.7 Å². The third-order valence-corrected chi connectivity index (χ3v) is 10.5. The van der Waals surface area contributed by atoms with Crippen molar-refractivity contribution in [2.75, 3.05) is 6.61 Å². The number of hydrogen-bond donors (Lipinski definition) is 0. The molecule has 0 unspecified atom stereocenters. The van der Waals surface area contributed by atoms with Gasteiger partial charge in [-0.2, -0.15) is 13.2 Å². The molecular weight excluding hydrogens is 870 g/mol. The Morgan fingerprint density at radius 3 is 1.00 bits per heavy atom. The number of rotatable bonds is 25. The van der Waals surface area contributed by atoms with E-state index in [4.69, 9.17) is 28.4 Å². The van der Waals surface area contributed by atoms with Gasteiger partial charge in [-0.25, -0.2) is 24.0 Å². The van der Waals surface area contributed by atoms with Gasteiger partial charge in [0.2, 0.25) is 0 Å². The molecule has 0 fully saturated rings. The maximum atomic E-state index is 13.5. The highest BCUT2D eigenvalue weighted by atomic mass is 19.4. The summed E-state index contributed by atoms with van der Waals surface area (Å²) in [5.41, 5.74) is 0.637. The summed E-state index contributed by atoms with van der Waals surface area (Å²) in [5.74, 6) is -2.69. The van der Waals surface area contributed by atoms with Crippen LogP contribution in [0.2, 0.25) is 0 Å². The molecule has 0 saturated heterocycles. The standard InChI is InChI=1S/C53H55F3O11/c1-3-5-7-9-10-11-12-14-36-62-42-26-16-37(17-27-42)48(57)63-43-28-18-38(19-29-43)49(58)64-44-30-20-39(21-31-44)50(59)65-45-32-22-40(23-33-45)51(60)66-46-34-24-41(25-35-46)52(61)67-47(53(54,55)56)15-13-8-6-4-2/h16-35,47H,3-15,36H2,1-2H3/t47-/m0/s1. The van der Waals surface area contributed by atoms with E-state index in [1.54, 1.807) is 24.3 Å². The Labute approximate surface area is 388 Å². The summed E-state index contributed by atoms with van der Waals surface area (Å²) in [6, 6.07) is 28.6. The summed E-state index contributed by atoms with van der Waals surface area (Å²) in [4.78, 5) is 63.6. The molecule has 0 N–H and O–H groups in total. The van der Waals surface area contributed by atoms with Crippen LogP contribution in [-0.2, 0) is 4.74 Å². The molecule has 0 bridgehead atoms. The van der Waals surface area contributed by atoms with E-state index in [2.05, 4.69) is 6.92 Å². The monoisotopic (exact) mass is 924 g/mol. The van der Waals surface area contributed by atoms with E-state index in [1.807, 2.05) is 6.92 Å². The largest absolute Gasteiger partial charge is 0.494 e. The fourth-order valence-corrected chi connectivity index (χ4v) is 6.66. The average Bonchev–Trinajstić information content (AvgIpc) is 3.32. The Bertz CT molecular complexity index is 2340. The molecule has 5 aromatic carbocycles. The van der Waals surface area contributed by atoms with Gasteiger partial charge in [-0.05, 0) is 141 Å². The van der Waals surface area contributed by atoms with Crippen molar-refractivity contribution in [3.05, 3.63) is 149 Å². The highest BCUT2D eigenvalue weighted by Gasteiger charge is 2.42. The van der Waals surface area contributed by atoms with Crippen LogP contribution in [0.4, 0.5) is 13.2 Å². The van der Waals surface area contributed by atoms with E-state index in [1.165, 1.54) is 136 Å². The first-order chi connectivity index (χ1) is 32.3. The fourth-order valence-electron chi connectivity index (χ4n) is 6.66. The zero-order chi connectivity index (χ0) is 48.0. The van der Waals surface area contributed by atoms with Crippen LogP contribution in [0.1, 0.15) is 149 Å². The lowest BCUT2D eigenvalue weighted by molar-refractivity contribution is -0.206. The second-order valence-electron chi connectivity index (χ2n) is 15.8. The highest BCUT2D eigenvalue weighted by Crippen LogP contribution is 2.29. The second kappa shape index (κ2) is 26.3. The van der Waals surface area contributed by atoms with Gasteiger partial charge in [0.1, 0.15) is 28.7 Å². The first-order valence-electron chi connectivity index (χ1n) is 22.6. The van der Waals surface area contributed by atoms with Crippen LogP contribution in [0.3, 0.4) is 0 Å². The Morgan fingerprint density at radius 2 is 0.672 bits per heavy atom. The number of esters is 5. The molecule has 1 atom stereocenters. The van der Waals surface area contributed by atoms with Crippen molar-refractivity contribution in [1.29, 1.82) is 0 Å². The van der Waals surface area contributed by atoms with Gasteiger partial charge in [-0.3, -0.25) is 0 Å². The molecule has 0 aliphatic heterocycles. The molecule has 0 radical (unpaired) electrons. The Morgan fingerprint density at radius 1 is 0.388 bits per heavy atom. The molecule has 5 aromatic rings. The van der Waals surface area contributed by atoms with E-state index in [0.717, 1.165) is 25.7 Å². The molecule has 0 amide bonds. The van der Waals surface area contributed by atoms with Crippen molar-refractivity contribution in [2.45, 2.75) is 110 Å². The molecule has 0 aliphatic rings. The number of alkyl halides is 3. The quantitative estimate of drug-likeness (QED) is 0.0314. The summed E-state index contributed by atoms with van der Waals surface area (Å²) in [5, 5.41) is 0. The lowest BCUT2D eigenvalue weighted by Crippen LogP contribution is -2.33. The SMILES string of the molecule is CCCCCCCCCCOc1ccc(C(=O)Oc2ccc(C(=O)Oc3ccc(C(=O)Oc4ccc(C(=O)Oc5ccc(C(=O)O[C@@H](CCCCCC)C(F)(F)F)cc5)cc4)cc3)cc2)cc1. The molecule has 0 spiro atoms. The summed E-state index contributed by atoms with van der Waals surface area (Å²) in [7, 11) is 0. The van der Waals surface area contributed by atoms with Gasteiger partial charge in [0, 0.05) is 0 Å². The zero-order valence-corrected chi connectivity index (χ0v) is 37.6. The Hall–Kier alpha value is -6.96. The van der Waals surface area contributed by atoms with Crippen molar-refractivity contribution in [1.82, 2.24) is 0 Å². The summed E-state index contributed by atoms with van der Waals surface area (Å²) < 4.78 is 72.6. The minimum atomic E-state index is -4.70. The molecule has 5 rings (SSSR count). The van der Waals surface area contributed by atoms with Gasteiger partial charge in [-0.1, -0.05) is 78.1 Å². The fraction of sp³-hybridized carbons (Fsp3) is 0.340. The van der Waals surface area contributed by atoms with Crippen LogP contribution < -0.4 is 23.7 Å². The van der Waals surface area contributed by atoms with E-state index < -0.39 is 42.1 Å². The van der Waals surface area contributed by atoms with Crippen molar-refractivity contribution in [2.24, 2.45) is 0 Å². The minimum Gasteiger partial charge on any atom is -0.494 e. The van der Waals surface area contributed by atoms with Gasteiger partial charge >= 0.3 is 36.0 Å². The number of ether oxygens (including phenoxy) is 6. The highest BCUT2D eigenvalue weighted by molar-refractivity contribution is 5.94. The van der Waals surface area contributed by atoms with Crippen molar-refractivity contribution in [3.8, 4) is 28.7 Å². The number of carbonyl (C=O) groups excluding carboxylic acids is 5. The van der Waals surface area contributed by atoms with Crippen LogP contribution >= 0.6 is 0 Å². The lowest BCUT2D eigenvalue weighted by atomic mass is 10.1. The van der Waals surface area contributed by atoms with Gasteiger partial charge in [-0.15, -0.1) is 0 Å². The number of hydrogen-bond acceptors (Lipinski definition) is 11. The number of halogens is 3. The van der Waals surface area contributed by atoms with Crippen molar-refractivity contribution >= 4 is 29.8 Å². The smallest absolute Gasteiger partial charge is 0.425 e. The van der Waals surface area contributed by atoms with Crippen LogP contribution in [-0.4, -0.2) is 48.7 Å². The average molecular weight is 925 g/mol. The van der Waals surface area contributed by atoms with Crippen molar-refractivity contribution < 1.29 is 65.6 Å². The third-order valence-electron chi connectivity index (χ3n) is 10.5. The summed E-state index contributed by atoms with van der Waals surface area (Å²) in [6.07, 6.45) is 4.97. The van der Waals surface area contributed by atoms with Crippen LogP contribution in [0, 0.1) is 0 Å². The molecule has 0 saturated carbocycles. The van der Waals surface area contributed by atoms with Gasteiger partial charge < -0.3 is 28.4 Å². The molecule has 0 aromatic heterocycles. The Balaban J connectivity index is 1.02. The number of unbranched alkanes of at least 4 members (excludes halogenated alkanes) is 10. The van der Waals surface area contributed by atoms with Crippen LogP contribution in [0.15, 0.2) is 121 Å². The predicted octanol–water partition coefficient (Wildman–Crippen LogP) is 13.1. The molecular formula is C53H55F3O11. The normalized spacial score (nSPS) is 11.5. The zero-order valence-electron chi connectivity index (χ0n) is 37.6. The van der Waals surface area contributed by atoms with Gasteiger partial charge in [0.05, 0.1) is 34.4 Å². The van der Waals surface area contributed by atoms with Crippen molar-refractivity contribution in [3.63, 3.8) is 0 Å². The maximum Gasteiger partial charge on any atom is 0.425 e. The summed E-state index contributed by atoms with van der Waals surface area (Å²) in [6.45, 7) is 4.77. The topological polar surface area (TPSA) is 141 Å². The first kappa shape index (κ1) is 51.0. The molecule has 0 heterocycles. The molecule has 11 nitrogen and oxygen atoms in total. The van der Waals surface area contributed by atoms with Gasteiger partial charge in [0.15, 0.2) is 6.10 Å². The number of carbonyl (C=O) groups is 5. The van der Waals surface area contributed by atoms with Gasteiger partial charge in [0.25, 0.3) is 0 Å². The molecule has 14 heteroatoms. The third kappa shape index (κ3) is 17.1. The van der Waals surface area contributed by atoms with E-state index in [9.17, 15) is 37.1 Å². The minimum absolute atomic E-state index is 0.0296. The Kier molecular flexibility index (Phi) is 20.0. The number of benzene rings is 5. The maximum absolute atomic E-state index is 13.5. The molecule has 0 aliphatic carbocycles. The van der Waals surface area contributed by atoms with E-state index in [0.29, 0.717) is 24.3 Å².